The summed E-state index contributed by atoms with van der Waals surface area (Å²) in [5, 5.41) is 0. The Balaban J connectivity index is 2.17. The average molecular weight is 289 g/mol. The van der Waals surface area contributed by atoms with Crippen molar-refractivity contribution in [2.75, 3.05) is 11.9 Å². The number of anilines is 1. The molecule has 0 heterocycles. The zero-order valence-corrected chi connectivity index (χ0v) is 14.0. The van der Waals surface area contributed by atoms with E-state index in [0.29, 0.717) is 0 Å². The van der Waals surface area contributed by atoms with Gasteiger partial charge in [0.1, 0.15) is 0 Å². The second kappa shape index (κ2) is 10.4. The molecule has 0 spiro atoms. The van der Waals surface area contributed by atoms with E-state index in [2.05, 4.69) is 19.1 Å². The molecule has 1 aromatic carbocycles. The molecule has 0 aliphatic rings. The van der Waals surface area contributed by atoms with E-state index < -0.39 is 0 Å². The van der Waals surface area contributed by atoms with Crippen LogP contribution in [0.5, 0.6) is 0 Å². The van der Waals surface area contributed by atoms with Crippen LogP contribution in [0.15, 0.2) is 24.3 Å². The predicted molar refractivity (Wildman–Crippen MR) is 91.8 cm³/mol. The molecule has 1 amide bonds. The molecule has 0 unspecified atom stereocenters. The van der Waals surface area contributed by atoms with E-state index in [1.807, 2.05) is 19.2 Å². The van der Waals surface area contributed by atoms with Gasteiger partial charge in [0.2, 0.25) is 5.91 Å². The Morgan fingerprint density at radius 3 is 1.95 bits per heavy atom. The first-order valence-corrected chi connectivity index (χ1v) is 8.48. The fraction of sp³-hybridized carbons (Fsp3) is 0.632. The first-order chi connectivity index (χ1) is 10.1. The van der Waals surface area contributed by atoms with Crippen LogP contribution in [0.2, 0.25) is 0 Å². The summed E-state index contributed by atoms with van der Waals surface area (Å²) in [7, 11) is 1.82. The third-order valence-corrected chi connectivity index (χ3v) is 4.11. The van der Waals surface area contributed by atoms with Crippen LogP contribution in [0, 0.1) is 0 Å². The first-order valence-electron chi connectivity index (χ1n) is 8.48. The molecule has 0 aromatic heterocycles. The molecule has 0 N–H and O–H groups in total. The maximum absolute atomic E-state index is 11.3. The SMILES string of the molecule is CCCCCCCCCCc1ccc(N(C)C(C)=O)cc1. The Morgan fingerprint density at radius 2 is 1.43 bits per heavy atom. The Kier molecular flexibility index (Phi) is 8.80. The third kappa shape index (κ3) is 7.31. The number of hydrogen-bond donors (Lipinski definition) is 0. The Bertz CT molecular complexity index is 397. The summed E-state index contributed by atoms with van der Waals surface area (Å²) in [4.78, 5) is 13.0. The maximum atomic E-state index is 11.3. The van der Waals surface area contributed by atoms with Crippen molar-refractivity contribution >= 4 is 11.6 Å². The van der Waals surface area contributed by atoms with Crippen molar-refractivity contribution in [2.24, 2.45) is 0 Å². The van der Waals surface area contributed by atoms with Crippen LogP contribution >= 0.6 is 0 Å². The van der Waals surface area contributed by atoms with E-state index in [-0.39, 0.29) is 5.91 Å². The molecule has 0 radical (unpaired) electrons. The number of aryl methyl sites for hydroxylation is 1. The molecular weight excluding hydrogens is 258 g/mol. The van der Waals surface area contributed by atoms with Crippen molar-refractivity contribution < 1.29 is 4.79 Å². The number of amides is 1. The molecule has 21 heavy (non-hydrogen) atoms. The second-order valence-corrected chi connectivity index (χ2v) is 5.97. The van der Waals surface area contributed by atoms with E-state index in [1.54, 1.807) is 11.8 Å². The Hall–Kier alpha value is -1.31. The highest BCUT2D eigenvalue weighted by atomic mass is 16.2. The highest BCUT2D eigenvalue weighted by Gasteiger charge is 2.04. The fourth-order valence-electron chi connectivity index (χ4n) is 2.53. The number of carbonyl (C=O) groups excluding carboxylic acids is 1. The molecule has 118 valence electrons. The topological polar surface area (TPSA) is 20.3 Å². The lowest BCUT2D eigenvalue weighted by Crippen LogP contribution is -2.22. The first kappa shape index (κ1) is 17.7. The van der Waals surface area contributed by atoms with Crippen LogP contribution in [0.3, 0.4) is 0 Å². The van der Waals surface area contributed by atoms with Crippen LogP contribution in [-0.2, 0) is 11.2 Å². The van der Waals surface area contributed by atoms with Gasteiger partial charge in [0, 0.05) is 19.7 Å². The molecule has 0 saturated carbocycles. The van der Waals surface area contributed by atoms with Gasteiger partial charge in [-0.15, -0.1) is 0 Å². The number of hydrogen-bond acceptors (Lipinski definition) is 1. The normalized spacial score (nSPS) is 10.6. The van der Waals surface area contributed by atoms with Crippen molar-refractivity contribution in [1.29, 1.82) is 0 Å². The van der Waals surface area contributed by atoms with Gasteiger partial charge in [-0.3, -0.25) is 4.79 Å². The zero-order chi connectivity index (χ0) is 15.5. The molecular formula is C19H31NO. The van der Waals surface area contributed by atoms with Gasteiger partial charge in [0.05, 0.1) is 0 Å². The van der Waals surface area contributed by atoms with Crippen molar-refractivity contribution in [1.82, 2.24) is 0 Å². The van der Waals surface area contributed by atoms with E-state index in [0.717, 1.165) is 12.1 Å². The van der Waals surface area contributed by atoms with Gasteiger partial charge >= 0.3 is 0 Å². The molecule has 2 nitrogen and oxygen atoms in total. The summed E-state index contributed by atoms with van der Waals surface area (Å²) < 4.78 is 0. The van der Waals surface area contributed by atoms with Crippen LogP contribution in [0.4, 0.5) is 5.69 Å². The van der Waals surface area contributed by atoms with Crippen molar-refractivity contribution in [2.45, 2.75) is 71.6 Å². The average Bonchev–Trinajstić information content (AvgIpc) is 2.49. The van der Waals surface area contributed by atoms with Crippen LogP contribution < -0.4 is 4.90 Å². The predicted octanol–water partition coefficient (Wildman–Crippen LogP) is 5.35. The summed E-state index contributed by atoms with van der Waals surface area (Å²) >= 11 is 0. The van der Waals surface area contributed by atoms with Gasteiger partial charge in [-0.2, -0.15) is 0 Å². The zero-order valence-electron chi connectivity index (χ0n) is 14.0. The van der Waals surface area contributed by atoms with Crippen molar-refractivity contribution in [3.63, 3.8) is 0 Å². The largest absolute Gasteiger partial charge is 0.316 e. The molecule has 0 atom stereocenters. The Morgan fingerprint density at radius 1 is 0.905 bits per heavy atom. The summed E-state index contributed by atoms with van der Waals surface area (Å²) in [6, 6.07) is 8.38. The molecule has 0 fully saturated rings. The van der Waals surface area contributed by atoms with Gasteiger partial charge in [-0.25, -0.2) is 0 Å². The molecule has 1 aromatic rings. The third-order valence-electron chi connectivity index (χ3n) is 4.11. The number of benzene rings is 1. The van der Waals surface area contributed by atoms with Crippen molar-refractivity contribution in [3.8, 4) is 0 Å². The molecule has 0 aliphatic heterocycles. The van der Waals surface area contributed by atoms with Crippen LogP contribution in [0.1, 0.15) is 70.8 Å². The smallest absolute Gasteiger partial charge is 0.223 e. The molecule has 2 heteroatoms. The van der Waals surface area contributed by atoms with Gasteiger partial charge in [0.15, 0.2) is 0 Å². The second-order valence-electron chi connectivity index (χ2n) is 5.97. The van der Waals surface area contributed by atoms with Crippen LogP contribution in [0.25, 0.3) is 0 Å². The molecule has 0 bridgehead atoms. The summed E-state index contributed by atoms with van der Waals surface area (Å²) in [5.41, 5.74) is 2.35. The lowest BCUT2D eigenvalue weighted by Gasteiger charge is -2.15. The summed E-state index contributed by atoms with van der Waals surface area (Å²) in [6.07, 6.45) is 12.0. The maximum Gasteiger partial charge on any atom is 0.223 e. The van der Waals surface area contributed by atoms with E-state index in [1.165, 1.54) is 56.9 Å². The highest BCUT2D eigenvalue weighted by Crippen LogP contribution is 2.16. The number of unbranched alkanes of at least 4 members (excludes halogenated alkanes) is 7. The minimum Gasteiger partial charge on any atom is -0.316 e. The minimum absolute atomic E-state index is 0.0748. The lowest BCUT2D eigenvalue weighted by molar-refractivity contribution is -0.116. The standard InChI is InChI=1S/C19H31NO/c1-4-5-6-7-8-9-10-11-12-18-13-15-19(16-14-18)20(3)17(2)21/h13-16H,4-12H2,1-3H3. The van der Waals surface area contributed by atoms with E-state index >= 15 is 0 Å². The highest BCUT2D eigenvalue weighted by molar-refractivity contribution is 5.90. The summed E-state index contributed by atoms with van der Waals surface area (Å²) in [5.74, 6) is 0.0748. The molecule has 1 rings (SSSR count). The van der Waals surface area contributed by atoms with Crippen LogP contribution in [-0.4, -0.2) is 13.0 Å². The summed E-state index contributed by atoms with van der Waals surface area (Å²) in [6.45, 7) is 3.86. The van der Waals surface area contributed by atoms with E-state index in [9.17, 15) is 4.79 Å². The lowest BCUT2D eigenvalue weighted by atomic mass is 10.0. The monoisotopic (exact) mass is 289 g/mol. The number of carbonyl (C=O) groups is 1. The Labute approximate surface area is 130 Å². The van der Waals surface area contributed by atoms with Crippen molar-refractivity contribution in [3.05, 3.63) is 29.8 Å². The van der Waals surface area contributed by atoms with Gasteiger partial charge in [0.25, 0.3) is 0 Å². The van der Waals surface area contributed by atoms with Gasteiger partial charge in [-0.05, 0) is 30.5 Å². The van der Waals surface area contributed by atoms with Gasteiger partial charge in [-0.1, -0.05) is 64.0 Å². The fourth-order valence-corrected chi connectivity index (χ4v) is 2.53. The minimum atomic E-state index is 0.0748. The van der Waals surface area contributed by atoms with E-state index in [4.69, 9.17) is 0 Å². The number of rotatable bonds is 10. The number of nitrogens with zero attached hydrogens (tertiary/aromatic N) is 1. The molecule has 0 aliphatic carbocycles. The quantitative estimate of drug-likeness (QED) is 0.531. The molecule has 0 saturated heterocycles. The van der Waals surface area contributed by atoms with Gasteiger partial charge < -0.3 is 4.90 Å².